The highest BCUT2D eigenvalue weighted by Crippen LogP contribution is 2.41. The fourth-order valence-electron chi connectivity index (χ4n) is 4.00. The first-order valence-electron chi connectivity index (χ1n) is 13.3. The molecule has 0 saturated carbocycles. The highest BCUT2D eigenvalue weighted by atomic mass is 79.9. The molecule has 0 aliphatic heterocycles. The van der Waals surface area contributed by atoms with Gasteiger partial charge in [0.05, 0.1) is 22.3 Å². The monoisotopic (exact) mass is 650 g/mol. The third-order valence-corrected chi connectivity index (χ3v) is 6.64. The Balaban J connectivity index is 1.56. The molecule has 218 valence electrons. The molecule has 0 radical (unpaired) electrons. The van der Waals surface area contributed by atoms with Crippen molar-refractivity contribution in [2.75, 3.05) is 0 Å². The number of ether oxygens (including phenoxy) is 4. The molecule has 0 aliphatic rings. The number of benzene rings is 5. The number of hydrogen-bond acceptors (Lipinski definition) is 8. The van der Waals surface area contributed by atoms with Crippen LogP contribution in [0.1, 0.15) is 47.0 Å². The Morgan fingerprint density at radius 2 is 0.932 bits per heavy atom. The molecule has 44 heavy (non-hydrogen) atoms. The molecule has 8 nitrogen and oxygen atoms in total. The van der Waals surface area contributed by atoms with Gasteiger partial charge in [0, 0.05) is 4.47 Å². The molecule has 5 rings (SSSR count). The van der Waals surface area contributed by atoms with Gasteiger partial charge in [0.1, 0.15) is 6.61 Å². The molecule has 0 N–H and O–H groups in total. The molecule has 9 heteroatoms. The minimum atomic E-state index is -0.815. The minimum absolute atomic E-state index is 0.0682. The molecule has 0 spiro atoms. The lowest BCUT2D eigenvalue weighted by molar-refractivity contribution is 0.0469. The molecule has 5 aromatic carbocycles. The molecular formula is C35H23BrO8. The summed E-state index contributed by atoms with van der Waals surface area (Å²) >= 11 is 3.38. The summed E-state index contributed by atoms with van der Waals surface area (Å²) in [5.74, 6) is -4.28. The molecule has 0 fully saturated rings. The van der Waals surface area contributed by atoms with E-state index < -0.39 is 23.9 Å². The molecule has 0 saturated heterocycles. The van der Waals surface area contributed by atoms with Gasteiger partial charge in [0.25, 0.3) is 0 Å². The van der Waals surface area contributed by atoms with Crippen LogP contribution in [0.2, 0.25) is 0 Å². The lowest BCUT2D eigenvalue weighted by Gasteiger charge is -2.16. The second-order valence-corrected chi connectivity index (χ2v) is 10.2. The molecular weight excluding hydrogens is 628 g/mol. The van der Waals surface area contributed by atoms with Gasteiger partial charge in [-0.3, -0.25) is 0 Å². The molecule has 0 atom stereocenters. The van der Waals surface area contributed by atoms with Crippen molar-refractivity contribution in [1.29, 1.82) is 0 Å². The smallest absolute Gasteiger partial charge is 0.343 e. The van der Waals surface area contributed by atoms with Crippen molar-refractivity contribution in [2.24, 2.45) is 0 Å². The van der Waals surface area contributed by atoms with E-state index in [1.54, 1.807) is 72.8 Å². The van der Waals surface area contributed by atoms with Gasteiger partial charge in [-0.25, -0.2) is 19.2 Å². The number of halogens is 1. The van der Waals surface area contributed by atoms with Gasteiger partial charge in [-0.1, -0.05) is 82.7 Å². The highest BCUT2D eigenvalue weighted by Gasteiger charge is 2.26. The molecule has 0 unspecified atom stereocenters. The Hall–Kier alpha value is -5.54. The van der Waals surface area contributed by atoms with Gasteiger partial charge in [-0.2, -0.15) is 0 Å². The van der Waals surface area contributed by atoms with Crippen molar-refractivity contribution in [1.82, 2.24) is 0 Å². The molecule has 0 bridgehead atoms. The average Bonchev–Trinajstić information content (AvgIpc) is 3.06. The Morgan fingerprint density at radius 3 is 1.39 bits per heavy atom. The number of hydrogen-bond donors (Lipinski definition) is 0. The number of esters is 4. The first-order valence-corrected chi connectivity index (χ1v) is 14.1. The van der Waals surface area contributed by atoms with Crippen LogP contribution in [0.5, 0.6) is 17.2 Å². The molecule has 0 aliphatic carbocycles. The summed E-state index contributed by atoms with van der Waals surface area (Å²) in [5.41, 5.74) is 1.17. The van der Waals surface area contributed by atoms with E-state index in [1.807, 2.05) is 6.07 Å². The second-order valence-electron chi connectivity index (χ2n) is 9.27. The van der Waals surface area contributed by atoms with Gasteiger partial charge in [-0.15, -0.1) is 0 Å². The molecule has 5 aromatic rings. The Bertz CT molecular complexity index is 1730. The predicted octanol–water partition coefficient (Wildman–Crippen LogP) is 7.46. The number of rotatable bonds is 9. The summed E-state index contributed by atoms with van der Waals surface area (Å²) in [6, 6.07) is 33.8. The van der Waals surface area contributed by atoms with E-state index in [0.717, 1.165) is 4.47 Å². The third kappa shape index (κ3) is 7.64. The summed E-state index contributed by atoms with van der Waals surface area (Å²) in [5, 5.41) is 0. The summed E-state index contributed by atoms with van der Waals surface area (Å²) in [7, 11) is 0. The van der Waals surface area contributed by atoms with E-state index in [2.05, 4.69) is 15.9 Å². The molecule has 0 heterocycles. The summed E-state index contributed by atoms with van der Waals surface area (Å²) < 4.78 is 23.3. The maximum Gasteiger partial charge on any atom is 0.343 e. The van der Waals surface area contributed by atoms with Crippen molar-refractivity contribution >= 4 is 39.8 Å². The standard InChI is InChI=1S/C35H23BrO8/c36-28-18-10-11-23(19-28)22-41-32(37)27-20-29(42-33(38)24-12-4-1-5-13-24)31(44-35(40)26-16-8-3-9-17-26)30(21-27)43-34(39)25-14-6-2-7-15-25/h1-21H,22H2. The molecule has 0 aromatic heterocycles. The lowest BCUT2D eigenvalue weighted by Crippen LogP contribution is -2.16. The van der Waals surface area contributed by atoms with Crippen LogP contribution in [0, 0.1) is 0 Å². The quantitative estimate of drug-likeness (QED) is 0.120. The van der Waals surface area contributed by atoms with Crippen LogP contribution in [0.25, 0.3) is 0 Å². The van der Waals surface area contributed by atoms with Gasteiger partial charge < -0.3 is 18.9 Å². The topological polar surface area (TPSA) is 105 Å². The van der Waals surface area contributed by atoms with E-state index >= 15 is 0 Å². The van der Waals surface area contributed by atoms with Crippen molar-refractivity contribution in [3.05, 3.63) is 160 Å². The van der Waals surface area contributed by atoms with Gasteiger partial charge in [0.15, 0.2) is 11.5 Å². The van der Waals surface area contributed by atoms with Crippen molar-refractivity contribution in [2.45, 2.75) is 6.61 Å². The number of carbonyl (C=O) groups is 4. The van der Waals surface area contributed by atoms with E-state index in [-0.39, 0.29) is 46.1 Å². The summed E-state index contributed by atoms with van der Waals surface area (Å²) in [4.78, 5) is 52.6. The van der Waals surface area contributed by atoms with Crippen LogP contribution in [-0.4, -0.2) is 23.9 Å². The molecule has 0 amide bonds. The zero-order valence-electron chi connectivity index (χ0n) is 23.0. The van der Waals surface area contributed by atoms with E-state index in [4.69, 9.17) is 18.9 Å². The summed E-state index contributed by atoms with van der Waals surface area (Å²) in [6.07, 6.45) is 0. The Morgan fingerprint density at radius 1 is 0.477 bits per heavy atom. The zero-order valence-corrected chi connectivity index (χ0v) is 24.6. The van der Waals surface area contributed by atoms with Crippen molar-refractivity contribution in [3.8, 4) is 17.2 Å². The van der Waals surface area contributed by atoms with Crippen LogP contribution in [-0.2, 0) is 11.3 Å². The van der Waals surface area contributed by atoms with E-state index in [0.29, 0.717) is 5.56 Å². The van der Waals surface area contributed by atoms with Gasteiger partial charge >= 0.3 is 23.9 Å². The maximum absolute atomic E-state index is 13.3. The first-order chi connectivity index (χ1) is 21.4. The van der Waals surface area contributed by atoms with Gasteiger partial charge in [-0.05, 0) is 66.2 Å². The van der Waals surface area contributed by atoms with Crippen LogP contribution < -0.4 is 14.2 Å². The summed E-state index contributed by atoms with van der Waals surface area (Å²) in [6.45, 7) is -0.0682. The van der Waals surface area contributed by atoms with Gasteiger partial charge in [0.2, 0.25) is 5.75 Å². The minimum Gasteiger partial charge on any atom is -0.457 e. The zero-order chi connectivity index (χ0) is 30.9. The lowest BCUT2D eigenvalue weighted by atomic mass is 10.1. The second kappa shape index (κ2) is 14.1. The predicted molar refractivity (Wildman–Crippen MR) is 164 cm³/mol. The van der Waals surface area contributed by atoms with Crippen LogP contribution in [0.4, 0.5) is 0 Å². The largest absolute Gasteiger partial charge is 0.457 e. The van der Waals surface area contributed by atoms with Crippen molar-refractivity contribution in [3.63, 3.8) is 0 Å². The fraction of sp³-hybridized carbons (Fsp3) is 0.0286. The Labute approximate surface area is 260 Å². The van der Waals surface area contributed by atoms with Crippen LogP contribution in [0.15, 0.2) is 132 Å². The SMILES string of the molecule is O=C(OCc1cccc(Br)c1)c1cc(OC(=O)c2ccccc2)c(OC(=O)c2ccccc2)c(OC(=O)c2ccccc2)c1. The Kier molecular flexibility index (Phi) is 9.58. The third-order valence-electron chi connectivity index (χ3n) is 6.14. The van der Waals surface area contributed by atoms with E-state index in [1.165, 1.54) is 48.5 Å². The van der Waals surface area contributed by atoms with Crippen LogP contribution in [0.3, 0.4) is 0 Å². The number of carbonyl (C=O) groups excluding carboxylic acids is 4. The fourth-order valence-corrected chi connectivity index (χ4v) is 4.44. The van der Waals surface area contributed by atoms with Crippen molar-refractivity contribution < 1.29 is 38.1 Å². The average molecular weight is 651 g/mol. The van der Waals surface area contributed by atoms with E-state index in [9.17, 15) is 19.2 Å². The highest BCUT2D eigenvalue weighted by molar-refractivity contribution is 9.10. The first kappa shape index (κ1) is 29.9. The normalized spacial score (nSPS) is 10.4. The maximum atomic E-state index is 13.3. The van der Waals surface area contributed by atoms with Crippen LogP contribution >= 0.6 is 15.9 Å².